The van der Waals surface area contributed by atoms with Crippen molar-refractivity contribution in [2.24, 2.45) is 5.41 Å². The minimum atomic E-state index is -1.05. The fourth-order valence-corrected chi connectivity index (χ4v) is 4.20. The van der Waals surface area contributed by atoms with Gasteiger partial charge in [0.05, 0.1) is 6.61 Å². The van der Waals surface area contributed by atoms with Gasteiger partial charge in [-0.2, -0.15) is 0 Å². The summed E-state index contributed by atoms with van der Waals surface area (Å²) in [5.74, 6) is -0.750. The third-order valence-electron chi connectivity index (χ3n) is 5.87. The molecule has 0 bridgehead atoms. The van der Waals surface area contributed by atoms with Crippen LogP contribution in [0.2, 0.25) is 0 Å². The van der Waals surface area contributed by atoms with Crippen LogP contribution in [0.15, 0.2) is 47.8 Å². The number of carboxylic acids is 1. The molecule has 0 heterocycles. The van der Waals surface area contributed by atoms with Crippen LogP contribution in [0.4, 0.5) is 4.39 Å². The number of hydrogen-bond acceptors (Lipinski definition) is 2. The van der Waals surface area contributed by atoms with Crippen molar-refractivity contribution in [1.29, 1.82) is 0 Å². The Labute approximate surface area is 192 Å². The highest BCUT2D eigenvalue weighted by Gasteiger charge is 2.34. The summed E-state index contributed by atoms with van der Waals surface area (Å²) in [7, 11) is 0. The van der Waals surface area contributed by atoms with Gasteiger partial charge in [0.15, 0.2) is 0 Å². The number of benzene rings is 1. The Bertz CT molecular complexity index is 998. The number of rotatable bonds is 7. The van der Waals surface area contributed by atoms with E-state index in [0.717, 1.165) is 23.6 Å². The van der Waals surface area contributed by atoms with Gasteiger partial charge in [0.2, 0.25) is 0 Å². The molecule has 0 radical (unpaired) electrons. The topological polar surface area (TPSA) is 46.5 Å². The highest BCUT2D eigenvalue weighted by molar-refractivity contribution is 5.83. The second kappa shape index (κ2) is 9.89. The van der Waals surface area contributed by atoms with Crippen molar-refractivity contribution in [3.63, 3.8) is 0 Å². The van der Waals surface area contributed by atoms with Crippen LogP contribution in [0.1, 0.15) is 84.9 Å². The Hall–Kier alpha value is -2.62. The van der Waals surface area contributed by atoms with Crippen LogP contribution >= 0.6 is 0 Å². The maximum atomic E-state index is 15.3. The Balaban J connectivity index is 2.75. The molecule has 0 aromatic heterocycles. The quantitative estimate of drug-likeness (QED) is 0.346. The molecule has 0 spiro atoms. The van der Waals surface area contributed by atoms with E-state index in [1.54, 1.807) is 6.92 Å². The highest BCUT2D eigenvalue weighted by Crippen LogP contribution is 2.48. The zero-order chi connectivity index (χ0) is 24.3. The van der Waals surface area contributed by atoms with E-state index in [2.05, 4.69) is 52.8 Å². The van der Waals surface area contributed by atoms with Crippen molar-refractivity contribution in [3.05, 3.63) is 64.5 Å². The molecule has 0 unspecified atom stereocenters. The first kappa shape index (κ1) is 25.6. The lowest BCUT2D eigenvalue weighted by Gasteiger charge is -2.37. The van der Waals surface area contributed by atoms with E-state index in [0.29, 0.717) is 29.9 Å². The van der Waals surface area contributed by atoms with Crippen molar-refractivity contribution in [3.8, 4) is 5.75 Å². The number of hydrogen-bond donors (Lipinski definition) is 1. The molecule has 1 aromatic rings. The number of ether oxygens (including phenoxy) is 1. The van der Waals surface area contributed by atoms with Gasteiger partial charge in [0.25, 0.3) is 0 Å². The van der Waals surface area contributed by atoms with E-state index in [9.17, 15) is 4.79 Å². The minimum absolute atomic E-state index is 0.0388. The number of aliphatic carboxylic acids is 1. The van der Waals surface area contributed by atoms with E-state index >= 15 is 4.39 Å². The summed E-state index contributed by atoms with van der Waals surface area (Å²) in [5.41, 5.74) is 5.34. The Kier molecular flexibility index (Phi) is 7.92. The van der Waals surface area contributed by atoms with Gasteiger partial charge in [-0.25, -0.2) is 9.18 Å². The summed E-state index contributed by atoms with van der Waals surface area (Å²) in [6.07, 6.45) is 7.63. The molecule has 0 atom stereocenters. The molecule has 1 aliphatic rings. The molecule has 1 aromatic carbocycles. The molecule has 32 heavy (non-hydrogen) atoms. The van der Waals surface area contributed by atoms with E-state index < -0.39 is 5.97 Å². The average molecular weight is 441 g/mol. The van der Waals surface area contributed by atoms with Crippen molar-refractivity contribution in [1.82, 2.24) is 0 Å². The molecule has 0 fully saturated rings. The van der Waals surface area contributed by atoms with E-state index in [4.69, 9.17) is 9.84 Å². The van der Waals surface area contributed by atoms with Crippen LogP contribution in [0.3, 0.4) is 0 Å². The van der Waals surface area contributed by atoms with Crippen molar-refractivity contribution < 1.29 is 19.0 Å². The molecule has 4 heteroatoms. The van der Waals surface area contributed by atoms with Crippen molar-refractivity contribution >= 4 is 17.1 Å². The summed E-state index contributed by atoms with van der Waals surface area (Å²) in [5, 5.41) is 8.89. The lowest BCUT2D eigenvalue weighted by molar-refractivity contribution is -0.131. The molecule has 174 valence electrons. The number of halogens is 1. The fraction of sp³-hybridized carbons (Fsp3) is 0.464. The Morgan fingerprint density at radius 2 is 1.88 bits per heavy atom. The van der Waals surface area contributed by atoms with Gasteiger partial charge in [-0.3, -0.25) is 0 Å². The molecule has 0 aliphatic heterocycles. The normalized spacial score (nSPS) is 17.0. The molecule has 1 aliphatic carbocycles. The van der Waals surface area contributed by atoms with Crippen LogP contribution in [-0.4, -0.2) is 17.7 Å². The van der Waals surface area contributed by atoms with Gasteiger partial charge in [-0.1, -0.05) is 53.7 Å². The van der Waals surface area contributed by atoms with Gasteiger partial charge in [0.1, 0.15) is 11.6 Å². The minimum Gasteiger partial charge on any atom is -0.493 e. The monoisotopic (exact) mass is 440 g/mol. The summed E-state index contributed by atoms with van der Waals surface area (Å²) in [4.78, 5) is 10.8. The lowest BCUT2D eigenvalue weighted by Crippen LogP contribution is -2.25. The molecular weight excluding hydrogens is 403 g/mol. The largest absolute Gasteiger partial charge is 0.493 e. The van der Waals surface area contributed by atoms with Gasteiger partial charge < -0.3 is 9.84 Å². The summed E-state index contributed by atoms with van der Waals surface area (Å²) in [6.45, 7) is 17.0. The van der Waals surface area contributed by atoms with Gasteiger partial charge in [-0.15, -0.1) is 0 Å². The maximum Gasteiger partial charge on any atom is 0.328 e. The van der Waals surface area contributed by atoms with Gasteiger partial charge >= 0.3 is 5.97 Å². The van der Waals surface area contributed by atoms with Crippen LogP contribution in [-0.2, 0) is 10.2 Å². The van der Waals surface area contributed by atoms with Gasteiger partial charge in [0, 0.05) is 11.6 Å². The first-order valence-corrected chi connectivity index (χ1v) is 11.3. The highest BCUT2D eigenvalue weighted by atomic mass is 19.1. The molecule has 3 nitrogen and oxygen atoms in total. The standard InChI is InChI=1S/C28H37FO3/c1-9-19(24(29)12-11-18(3)15-26(30)31)20-16-21-22(27(4,5)6)13-14-28(7,8)23(21)17-25(20)32-10-2/h11-13,15-17H,9-10,14H2,1-8H3,(H,30,31). The first-order valence-electron chi connectivity index (χ1n) is 11.3. The number of fused-ring (bicyclic) bond motifs is 1. The fourth-order valence-electron chi connectivity index (χ4n) is 4.20. The van der Waals surface area contributed by atoms with Crippen LogP contribution in [0, 0.1) is 5.41 Å². The SMILES string of the molecule is CCOc1cc2c(cc1C(CC)=C(F)C=CC(C)=CC(=O)O)C(C(C)(C)C)=CCC2(C)C. The summed E-state index contributed by atoms with van der Waals surface area (Å²) >= 11 is 0. The summed E-state index contributed by atoms with van der Waals surface area (Å²) < 4.78 is 21.3. The van der Waals surface area contributed by atoms with Gasteiger partial charge in [-0.05, 0) is 83.6 Å². The molecule has 0 saturated carbocycles. The molecule has 0 amide bonds. The third-order valence-corrected chi connectivity index (χ3v) is 5.87. The zero-order valence-corrected chi connectivity index (χ0v) is 20.7. The predicted octanol–water partition coefficient (Wildman–Crippen LogP) is 7.87. The van der Waals surface area contributed by atoms with E-state index in [1.807, 2.05) is 13.8 Å². The average Bonchev–Trinajstić information content (AvgIpc) is 2.66. The number of allylic oxidation sites excluding steroid dienone is 7. The number of carbonyl (C=O) groups is 1. The molecule has 0 saturated heterocycles. The second-order valence-electron chi connectivity index (χ2n) is 10.0. The Morgan fingerprint density at radius 3 is 2.41 bits per heavy atom. The second-order valence-corrected chi connectivity index (χ2v) is 10.0. The third kappa shape index (κ3) is 5.79. The summed E-state index contributed by atoms with van der Waals surface area (Å²) in [6, 6.07) is 4.18. The van der Waals surface area contributed by atoms with Crippen LogP contribution < -0.4 is 4.74 Å². The number of carboxylic acid groups (broad SMARTS) is 1. The first-order chi connectivity index (χ1) is 14.8. The predicted molar refractivity (Wildman–Crippen MR) is 132 cm³/mol. The van der Waals surface area contributed by atoms with E-state index in [-0.39, 0.29) is 16.7 Å². The molecular formula is C28H37FO3. The molecule has 2 rings (SSSR count). The lowest BCUT2D eigenvalue weighted by atomic mass is 9.67. The molecule has 1 N–H and O–H groups in total. The van der Waals surface area contributed by atoms with Crippen molar-refractivity contribution in [2.45, 2.75) is 73.6 Å². The smallest absolute Gasteiger partial charge is 0.328 e. The maximum absolute atomic E-state index is 15.3. The van der Waals surface area contributed by atoms with Crippen LogP contribution in [0.25, 0.3) is 11.1 Å². The van der Waals surface area contributed by atoms with Crippen molar-refractivity contribution in [2.75, 3.05) is 6.61 Å². The van der Waals surface area contributed by atoms with Crippen LogP contribution in [0.5, 0.6) is 5.75 Å². The zero-order valence-electron chi connectivity index (χ0n) is 20.7. The van der Waals surface area contributed by atoms with E-state index in [1.165, 1.54) is 23.3 Å². The Morgan fingerprint density at radius 1 is 1.22 bits per heavy atom.